The van der Waals surface area contributed by atoms with Gasteiger partial charge < -0.3 is 20.3 Å². The Bertz CT molecular complexity index is 1320. The van der Waals surface area contributed by atoms with Crippen molar-refractivity contribution in [3.05, 3.63) is 48.6 Å². The number of carbonyl (C=O) groups excluding carboxylic acids is 2. The molecule has 0 rings (SSSR count). The molecule has 2 unspecified atom stereocenters. The van der Waals surface area contributed by atoms with Crippen molar-refractivity contribution in [2.45, 2.75) is 392 Å². The molecule has 0 aliphatic carbocycles. The van der Waals surface area contributed by atoms with Crippen LogP contribution in [0.4, 0.5) is 0 Å². The summed E-state index contributed by atoms with van der Waals surface area (Å²) in [6, 6.07) is -0.634. The molecule has 0 heterocycles. The molecular weight excluding hydrogens is 971 g/mol. The van der Waals surface area contributed by atoms with Crippen LogP contribution in [0.3, 0.4) is 0 Å². The molecule has 0 saturated carbocycles. The smallest absolute Gasteiger partial charge is 0.305 e. The van der Waals surface area contributed by atoms with E-state index < -0.39 is 12.1 Å². The summed E-state index contributed by atoms with van der Waals surface area (Å²) in [7, 11) is 0. The Morgan fingerprint density at radius 3 is 0.975 bits per heavy atom. The fourth-order valence-corrected chi connectivity index (χ4v) is 10.9. The molecule has 6 nitrogen and oxygen atoms in total. The van der Waals surface area contributed by atoms with E-state index in [1.165, 1.54) is 302 Å². The molecule has 0 aromatic carbocycles. The van der Waals surface area contributed by atoms with Crippen LogP contribution in [0.25, 0.3) is 0 Å². The third-order valence-electron chi connectivity index (χ3n) is 16.3. The maximum atomic E-state index is 12.5. The summed E-state index contributed by atoms with van der Waals surface area (Å²) >= 11 is 0. The van der Waals surface area contributed by atoms with E-state index in [9.17, 15) is 19.8 Å². The van der Waals surface area contributed by atoms with Crippen molar-refractivity contribution in [2.24, 2.45) is 0 Å². The van der Waals surface area contributed by atoms with Gasteiger partial charge >= 0.3 is 5.97 Å². The Labute approximate surface area is 493 Å². The molecule has 0 aromatic heterocycles. The minimum Gasteiger partial charge on any atom is -0.466 e. The lowest BCUT2D eigenvalue weighted by molar-refractivity contribution is -0.143. The highest BCUT2D eigenvalue weighted by Crippen LogP contribution is 2.18. The molecule has 0 saturated heterocycles. The van der Waals surface area contributed by atoms with Crippen LogP contribution in [0, 0.1) is 0 Å². The summed E-state index contributed by atoms with van der Waals surface area (Å²) in [5.74, 6) is -0.0635. The van der Waals surface area contributed by atoms with Gasteiger partial charge in [0.1, 0.15) is 0 Å². The molecule has 0 bridgehead atoms. The fraction of sp³-hybridized carbons (Fsp3) is 0.863. The Balaban J connectivity index is 3.44. The molecule has 3 N–H and O–H groups in total. The average molecular weight is 1110 g/mol. The van der Waals surface area contributed by atoms with Crippen LogP contribution >= 0.6 is 0 Å². The van der Waals surface area contributed by atoms with Crippen molar-refractivity contribution in [2.75, 3.05) is 13.2 Å². The van der Waals surface area contributed by atoms with E-state index in [-0.39, 0.29) is 18.5 Å². The van der Waals surface area contributed by atoms with Crippen LogP contribution in [0.2, 0.25) is 0 Å². The highest BCUT2D eigenvalue weighted by Gasteiger charge is 2.18. The van der Waals surface area contributed by atoms with Gasteiger partial charge in [0.15, 0.2) is 0 Å². The summed E-state index contributed by atoms with van der Waals surface area (Å²) in [6.07, 6.45) is 89.0. The molecule has 6 heteroatoms. The molecule has 0 spiro atoms. The second-order valence-electron chi connectivity index (χ2n) is 24.2. The lowest BCUT2D eigenvalue weighted by Crippen LogP contribution is -2.45. The number of amides is 1. The van der Waals surface area contributed by atoms with Crippen molar-refractivity contribution in [1.82, 2.24) is 5.32 Å². The predicted molar refractivity (Wildman–Crippen MR) is 347 cm³/mol. The molecule has 0 aromatic rings. The zero-order valence-electron chi connectivity index (χ0n) is 53.1. The standard InChI is InChI=1S/C73H137NO5/c1-3-5-7-9-11-13-15-17-19-21-30-35-39-43-47-51-55-59-63-67-73(78)79-68-64-60-56-52-48-44-40-36-32-29-27-25-23-24-26-28-31-34-38-42-46-50-54-58-62-66-72(77)74-70(69-75)71(76)65-61-57-53-49-45-41-37-33-22-20-18-16-14-12-10-8-6-4-2/h17,19,24-27,61,65,70-71,75-76H,3-16,18,20-23,28-60,62-64,66-69H2,1-2H3,(H,74,77)/b19-17-,26-24-,27-25-,65-61+. The van der Waals surface area contributed by atoms with Crippen molar-refractivity contribution >= 4 is 11.9 Å². The van der Waals surface area contributed by atoms with Gasteiger partial charge in [-0.15, -0.1) is 0 Å². The van der Waals surface area contributed by atoms with Gasteiger partial charge in [-0.05, 0) is 89.9 Å². The molecule has 0 radical (unpaired) electrons. The van der Waals surface area contributed by atoms with E-state index in [4.69, 9.17) is 4.74 Å². The van der Waals surface area contributed by atoms with Crippen molar-refractivity contribution in [3.8, 4) is 0 Å². The highest BCUT2D eigenvalue weighted by molar-refractivity contribution is 5.76. The van der Waals surface area contributed by atoms with Gasteiger partial charge in [0.05, 0.1) is 25.4 Å². The largest absolute Gasteiger partial charge is 0.466 e. The summed E-state index contributed by atoms with van der Waals surface area (Å²) in [5, 5.41) is 23.2. The Morgan fingerprint density at radius 1 is 0.354 bits per heavy atom. The van der Waals surface area contributed by atoms with Gasteiger partial charge in [-0.1, -0.05) is 326 Å². The van der Waals surface area contributed by atoms with Crippen LogP contribution in [0.15, 0.2) is 48.6 Å². The van der Waals surface area contributed by atoms with Crippen molar-refractivity contribution < 1.29 is 24.5 Å². The predicted octanol–water partition coefficient (Wildman–Crippen LogP) is 22.9. The molecule has 0 aliphatic rings. The normalized spacial score (nSPS) is 12.8. The minimum absolute atomic E-state index is 0.00838. The van der Waals surface area contributed by atoms with E-state index in [0.29, 0.717) is 19.4 Å². The topological polar surface area (TPSA) is 95.9 Å². The first-order valence-corrected chi connectivity index (χ1v) is 35.4. The fourth-order valence-electron chi connectivity index (χ4n) is 10.9. The zero-order chi connectivity index (χ0) is 57.1. The first-order valence-electron chi connectivity index (χ1n) is 35.4. The second-order valence-corrected chi connectivity index (χ2v) is 24.2. The van der Waals surface area contributed by atoms with E-state index in [1.54, 1.807) is 6.08 Å². The number of unbranched alkanes of at least 4 members (excludes halogenated alkanes) is 49. The summed E-state index contributed by atoms with van der Waals surface area (Å²) < 4.78 is 5.50. The molecular formula is C73H137NO5. The quantitative estimate of drug-likeness (QED) is 0.0320. The van der Waals surface area contributed by atoms with Crippen LogP contribution < -0.4 is 5.32 Å². The third kappa shape index (κ3) is 64.8. The Kier molecular flexibility index (Phi) is 66.4. The number of ether oxygens (including phenoxy) is 1. The Hall–Kier alpha value is -2.18. The summed E-state index contributed by atoms with van der Waals surface area (Å²) in [5.41, 5.74) is 0. The van der Waals surface area contributed by atoms with Crippen molar-refractivity contribution in [3.63, 3.8) is 0 Å². The monoisotopic (exact) mass is 1110 g/mol. The van der Waals surface area contributed by atoms with Gasteiger partial charge in [-0.3, -0.25) is 9.59 Å². The van der Waals surface area contributed by atoms with E-state index in [0.717, 1.165) is 51.4 Å². The van der Waals surface area contributed by atoms with Crippen LogP contribution in [-0.2, 0) is 14.3 Å². The molecule has 2 atom stereocenters. The molecule has 464 valence electrons. The van der Waals surface area contributed by atoms with Gasteiger partial charge in [-0.25, -0.2) is 0 Å². The number of hydrogen-bond donors (Lipinski definition) is 3. The molecule has 0 fully saturated rings. The number of esters is 1. The van der Waals surface area contributed by atoms with E-state index in [1.807, 2.05) is 6.08 Å². The number of hydrogen-bond acceptors (Lipinski definition) is 5. The van der Waals surface area contributed by atoms with Gasteiger partial charge in [0.25, 0.3) is 0 Å². The molecule has 1 amide bonds. The molecule has 0 aliphatic heterocycles. The third-order valence-corrected chi connectivity index (χ3v) is 16.3. The van der Waals surface area contributed by atoms with E-state index in [2.05, 4.69) is 55.6 Å². The van der Waals surface area contributed by atoms with Gasteiger partial charge in [0.2, 0.25) is 5.91 Å². The zero-order valence-corrected chi connectivity index (χ0v) is 53.1. The first kappa shape index (κ1) is 76.8. The first-order chi connectivity index (χ1) is 39.0. The lowest BCUT2D eigenvalue weighted by Gasteiger charge is -2.20. The summed E-state index contributed by atoms with van der Waals surface area (Å²) in [4.78, 5) is 24.6. The van der Waals surface area contributed by atoms with Crippen molar-refractivity contribution in [1.29, 1.82) is 0 Å². The number of allylic oxidation sites excluding steroid dienone is 7. The van der Waals surface area contributed by atoms with E-state index >= 15 is 0 Å². The van der Waals surface area contributed by atoms with Crippen LogP contribution in [0.5, 0.6) is 0 Å². The average Bonchev–Trinajstić information content (AvgIpc) is 3.45. The lowest BCUT2D eigenvalue weighted by atomic mass is 10.0. The van der Waals surface area contributed by atoms with Gasteiger partial charge in [-0.2, -0.15) is 0 Å². The highest BCUT2D eigenvalue weighted by atomic mass is 16.5. The number of carbonyl (C=O) groups is 2. The number of nitrogens with one attached hydrogen (secondary N) is 1. The SMILES string of the molecule is CCCCCCCC/C=C\CCCCCCCCCCCC(=O)OCCCCCCCCCCC/C=C\C/C=C\CCCCCCCCCCCC(=O)NC(CO)C(O)/C=C/CCCCCCCCCCCCCCCCCC. The Morgan fingerprint density at radius 2 is 0.633 bits per heavy atom. The number of aliphatic hydroxyl groups is 2. The summed E-state index contributed by atoms with van der Waals surface area (Å²) in [6.45, 7) is 4.92. The number of rotatable bonds is 66. The maximum Gasteiger partial charge on any atom is 0.305 e. The maximum absolute atomic E-state index is 12.5. The number of aliphatic hydroxyl groups excluding tert-OH is 2. The van der Waals surface area contributed by atoms with Crippen LogP contribution in [0.1, 0.15) is 380 Å². The molecule has 79 heavy (non-hydrogen) atoms. The van der Waals surface area contributed by atoms with Crippen LogP contribution in [-0.4, -0.2) is 47.4 Å². The van der Waals surface area contributed by atoms with Gasteiger partial charge in [0, 0.05) is 12.8 Å². The second kappa shape index (κ2) is 68.3. The minimum atomic E-state index is -0.850.